The lowest BCUT2D eigenvalue weighted by Crippen LogP contribution is -2.45. The van der Waals surface area contributed by atoms with Gasteiger partial charge in [-0.1, -0.05) is 83.8 Å². The average molecular weight is 522 g/mol. The van der Waals surface area contributed by atoms with Crippen LogP contribution in [0.2, 0.25) is 0 Å². The number of likely N-dealkylation sites (N-methyl/N-ethyl adjacent to an activating group) is 1. The molecule has 0 aromatic rings. The van der Waals surface area contributed by atoms with Crippen molar-refractivity contribution < 1.29 is 32.9 Å². The maximum Gasteiger partial charge on any atom is 0.472 e. The van der Waals surface area contributed by atoms with Crippen LogP contribution in [0.4, 0.5) is 0 Å². The number of allylic oxidation sites excluding steroid dienone is 1. The van der Waals surface area contributed by atoms with Gasteiger partial charge in [0.05, 0.1) is 39.9 Å². The summed E-state index contributed by atoms with van der Waals surface area (Å²) >= 11 is 0. The number of hydrogen-bond acceptors (Lipinski definition) is 5. The number of rotatable bonds is 23. The number of unbranched alkanes of at least 4 members (excludes halogenated alkanes) is 10. The van der Waals surface area contributed by atoms with Gasteiger partial charge in [0.25, 0.3) is 0 Å². The predicted molar refractivity (Wildman–Crippen MR) is 143 cm³/mol. The lowest BCUT2D eigenvalue weighted by Gasteiger charge is -2.25. The second-order valence-electron chi connectivity index (χ2n) is 10.4. The molecule has 0 saturated heterocycles. The molecule has 8 nitrogen and oxygen atoms in total. The SMILES string of the molecule is CCCCCCCCCC/C=C/C(O)C(COP(=O)(O)OCC[N+](C)(C)C)NC(=O)CCCCC. The van der Waals surface area contributed by atoms with E-state index in [0.717, 1.165) is 38.5 Å². The lowest BCUT2D eigenvalue weighted by atomic mass is 10.1. The Hall–Kier alpha value is -0.760. The van der Waals surface area contributed by atoms with Gasteiger partial charge in [0.2, 0.25) is 5.91 Å². The number of nitrogens with one attached hydrogen (secondary N) is 1. The first kappa shape index (κ1) is 34.2. The largest absolute Gasteiger partial charge is 0.472 e. The van der Waals surface area contributed by atoms with E-state index in [1.165, 1.54) is 38.5 Å². The number of aliphatic hydroxyl groups is 1. The van der Waals surface area contributed by atoms with Crippen LogP contribution in [0.5, 0.6) is 0 Å². The number of aliphatic hydroxyl groups excluding tert-OH is 1. The van der Waals surface area contributed by atoms with Crippen molar-refractivity contribution in [2.24, 2.45) is 0 Å². The van der Waals surface area contributed by atoms with Crippen LogP contribution in [-0.4, -0.2) is 73.4 Å². The third-order valence-electron chi connectivity index (χ3n) is 5.76. The first-order chi connectivity index (χ1) is 16.5. The number of phosphoric ester groups is 1. The van der Waals surface area contributed by atoms with Crippen LogP contribution < -0.4 is 5.32 Å². The molecule has 0 saturated carbocycles. The molecule has 0 aromatic heterocycles. The highest BCUT2D eigenvalue weighted by atomic mass is 31.2. The highest BCUT2D eigenvalue weighted by Crippen LogP contribution is 2.43. The molecule has 208 valence electrons. The number of phosphoric acid groups is 1. The molecule has 3 unspecified atom stereocenters. The summed E-state index contributed by atoms with van der Waals surface area (Å²) < 4.78 is 23.0. The van der Waals surface area contributed by atoms with E-state index in [1.807, 2.05) is 27.2 Å². The van der Waals surface area contributed by atoms with Gasteiger partial charge in [-0.05, 0) is 19.3 Å². The maximum absolute atomic E-state index is 12.3. The molecule has 9 heteroatoms. The molecular formula is C26H54N2O6P+. The number of quaternary nitrogens is 1. The van der Waals surface area contributed by atoms with Gasteiger partial charge >= 0.3 is 7.82 Å². The van der Waals surface area contributed by atoms with E-state index in [2.05, 4.69) is 19.2 Å². The molecule has 0 aromatic carbocycles. The zero-order valence-corrected chi connectivity index (χ0v) is 23.9. The summed E-state index contributed by atoms with van der Waals surface area (Å²) in [6.45, 7) is 4.56. The Morgan fingerprint density at radius 2 is 1.51 bits per heavy atom. The number of carbonyl (C=O) groups excluding carboxylic acids is 1. The molecule has 0 aliphatic heterocycles. The second-order valence-corrected chi connectivity index (χ2v) is 11.9. The van der Waals surface area contributed by atoms with E-state index in [-0.39, 0.29) is 19.1 Å². The van der Waals surface area contributed by atoms with Gasteiger partial charge in [-0.3, -0.25) is 13.8 Å². The van der Waals surface area contributed by atoms with Crippen LogP contribution in [0.15, 0.2) is 12.2 Å². The van der Waals surface area contributed by atoms with Crippen LogP contribution in [0.1, 0.15) is 97.3 Å². The van der Waals surface area contributed by atoms with Gasteiger partial charge in [0, 0.05) is 6.42 Å². The fraction of sp³-hybridized carbons (Fsp3) is 0.885. The van der Waals surface area contributed by atoms with E-state index in [0.29, 0.717) is 17.4 Å². The summed E-state index contributed by atoms with van der Waals surface area (Å²) in [5.74, 6) is -0.207. The summed E-state index contributed by atoms with van der Waals surface area (Å²) in [5, 5.41) is 13.4. The van der Waals surface area contributed by atoms with Crippen LogP contribution >= 0.6 is 7.82 Å². The molecule has 3 N–H and O–H groups in total. The number of nitrogens with zero attached hydrogens (tertiary/aromatic N) is 1. The molecule has 0 aliphatic carbocycles. The lowest BCUT2D eigenvalue weighted by molar-refractivity contribution is -0.870. The van der Waals surface area contributed by atoms with E-state index < -0.39 is 20.0 Å². The Bertz CT molecular complexity index is 609. The summed E-state index contributed by atoms with van der Waals surface area (Å²) in [7, 11) is 1.56. The first-order valence-electron chi connectivity index (χ1n) is 13.6. The Labute approximate surface area is 214 Å². The number of carbonyl (C=O) groups is 1. The first-order valence-corrected chi connectivity index (χ1v) is 15.1. The highest BCUT2D eigenvalue weighted by molar-refractivity contribution is 7.47. The minimum Gasteiger partial charge on any atom is -0.387 e. The van der Waals surface area contributed by atoms with Crippen LogP contribution in [-0.2, 0) is 18.4 Å². The summed E-state index contributed by atoms with van der Waals surface area (Å²) in [6, 6.07) is -0.832. The van der Waals surface area contributed by atoms with Gasteiger partial charge in [0.1, 0.15) is 13.2 Å². The van der Waals surface area contributed by atoms with Gasteiger partial charge in [0.15, 0.2) is 0 Å². The number of amides is 1. The standard InChI is InChI=1S/C26H53N2O6P/c1-6-8-10-11-12-13-14-15-16-18-19-25(29)24(27-26(30)20-17-9-7-2)23-34-35(31,32)33-22-21-28(3,4)5/h18-19,24-25,29H,6-17,20-23H2,1-5H3,(H-,27,30,31,32)/p+1/b19-18+. The fourth-order valence-electron chi connectivity index (χ4n) is 3.45. The third-order valence-corrected chi connectivity index (χ3v) is 6.74. The van der Waals surface area contributed by atoms with Crippen molar-refractivity contribution in [2.45, 2.75) is 109 Å². The predicted octanol–water partition coefficient (Wildman–Crippen LogP) is 5.34. The molecule has 0 rings (SSSR count). The Kier molecular flexibility index (Phi) is 19.9. The number of hydrogen-bond donors (Lipinski definition) is 3. The van der Waals surface area contributed by atoms with Crippen molar-refractivity contribution in [2.75, 3.05) is 40.9 Å². The Morgan fingerprint density at radius 3 is 2.11 bits per heavy atom. The second kappa shape index (κ2) is 20.3. The van der Waals surface area contributed by atoms with Gasteiger partial charge in [-0.25, -0.2) is 4.57 Å². The van der Waals surface area contributed by atoms with Crippen molar-refractivity contribution in [3.8, 4) is 0 Å². The van der Waals surface area contributed by atoms with Crippen LogP contribution in [0, 0.1) is 0 Å². The third kappa shape index (κ3) is 22.2. The van der Waals surface area contributed by atoms with Gasteiger partial charge < -0.3 is 19.8 Å². The summed E-state index contributed by atoms with van der Waals surface area (Å²) in [4.78, 5) is 22.3. The molecular weight excluding hydrogens is 467 g/mol. The summed E-state index contributed by atoms with van der Waals surface area (Å²) in [5.41, 5.74) is 0. The molecule has 3 atom stereocenters. The zero-order valence-electron chi connectivity index (χ0n) is 23.0. The fourth-order valence-corrected chi connectivity index (χ4v) is 4.18. The van der Waals surface area contributed by atoms with Crippen LogP contribution in [0.25, 0.3) is 0 Å². The monoisotopic (exact) mass is 521 g/mol. The average Bonchev–Trinajstić information content (AvgIpc) is 2.76. The van der Waals surface area contributed by atoms with Crippen molar-refractivity contribution in [1.29, 1.82) is 0 Å². The van der Waals surface area contributed by atoms with Crippen molar-refractivity contribution >= 4 is 13.7 Å². The Balaban J connectivity index is 4.64. The summed E-state index contributed by atoms with van der Waals surface area (Å²) in [6.07, 6.45) is 16.3. The van der Waals surface area contributed by atoms with Crippen molar-refractivity contribution in [1.82, 2.24) is 5.32 Å². The minimum absolute atomic E-state index is 0.0619. The Morgan fingerprint density at radius 1 is 0.943 bits per heavy atom. The molecule has 0 bridgehead atoms. The van der Waals surface area contributed by atoms with E-state index in [9.17, 15) is 19.4 Å². The molecule has 0 spiro atoms. The van der Waals surface area contributed by atoms with Gasteiger partial charge in [-0.2, -0.15) is 0 Å². The zero-order chi connectivity index (χ0) is 26.6. The molecule has 1 amide bonds. The molecule has 0 radical (unpaired) electrons. The van der Waals surface area contributed by atoms with Crippen LogP contribution in [0.3, 0.4) is 0 Å². The topological polar surface area (TPSA) is 105 Å². The van der Waals surface area contributed by atoms with E-state index >= 15 is 0 Å². The van der Waals surface area contributed by atoms with Crippen molar-refractivity contribution in [3.63, 3.8) is 0 Å². The van der Waals surface area contributed by atoms with E-state index in [1.54, 1.807) is 6.08 Å². The normalized spacial score (nSPS) is 15.7. The highest BCUT2D eigenvalue weighted by Gasteiger charge is 2.27. The van der Waals surface area contributed by atoms with Gasteiger partial charge in [-0.15, -0.1) is 0 Å². The maximum atomic E-state index is 12.3. The smallest absolute Gasteiger partial charge is 0.387 e. The van der Waals surface area contributed by atoms with E-state index in [4.69, 9.17) is 9.05 Å². The minimum atomic E-state index is -4.29. The quantitative estimate of drug-likeness (QED) is 0.0726. The molecule has 0 heterocycles. The molecule has 0 aliphatic rings. The van der Waals surface area contributed by atoms with Crippen molar-refractivity contribution in [3.05, 3.63) is 12.2 Å². The molecule has 0 fully saturated rings. The molecule has 35 heavy (non-hydrogen) atoms.